The second kappa shape index (κ2) is 5.27. The number of benzene rings is 1. The standard InChI is InChI=1S/C15H20N2O/c1-11-13(5-4-6-15(11)16)9-17(3)10-14-7-8-18-12(14)2/h4-8H,9-10,16H2,1-3H3. The number of aryl methyl sites for hydroxylation is 1. The molecule has 0 aliphatic rings. The van der Waals surface area contributed by atoms with Crippen LogP contribution in [0.25, 0.3) is 0 Å². The lowest BCUT2D eigenvalue weighted by molar-refractivity contribution is 0.316. The van der Waals surface area contributed by atoms with Gasteiger partial charge in [-0.2, -0.15) is 0 Å². The second-order valence-electron chi connectivity index (χ2n) is 4.81. The first-order valence-corrected chi connectivity index (χ1v) is 6.13. The summed E-state index contributed by atoms with van der Waals surface area (Å²) in [5, 5.41) is 0. The molecule has 0 saturated heterocycles. The molecule has 3 heteroatoms. The molecule has 18 heavy (non-hydrogen) atoms. The molecule has 0 spiro atoms. The van der Waals surface area contributed by atoms with E-state index in [-0.39, 0.29) is 0 Å². The van der Waals surface area contributed by atoms with E-state index in [0.717, 1.165) is 24.5 Å². The number of rotatable bonds is 4. The van der Waals surface area contributed by atoms with Crippen LogP contribution in [0.1, 0.15) is 22.5 Å². The van der Waals surface area contributed by atoms with Crippen molar-refractivity contribution in [2.24, 2.45) is 0 Å². The Morgan fingerprint density at radius 1 is 1.11 bits per heavy atom. The third-order valence-electron chi connectivity index (χ3n) is 3.33. The lowest BCUT2D eigenvalue weighted by Gasteiger charge is -2.18. The smallest absolute Gasteiger partial charge is 0.105 e. The molecular formula is C15H20N2O. The largest absolute Gasteiger partial charge is 0.469 e. The highest BCUT2D eigenvalue weighted by Crippen LogP contribution is 2.18. The molecule has 0 unspecified atom stereocenters. The summed E-state index contributed by atoms with van der Waals surface area (Å²) in [7, 11) is 2.11. The molecule has 0 aliphatic carbocycles. The Hall–Kier alpha value is -1.74. The van der Waals surface area contributed by atoms with Crippen LogP contribution < -0.4 is 5.73 Å². The van der Waals surface area contributed by atoms with E-state index >= 15 is 0 Å². The minimum absolute atomic E-state index is 0.861. The third-order valence-corrected chi connectivity index (χ3v) is 3.33. The second-order valence-corrected chi connectivity index (χ2v) is 4.81. The third kappa shape index (κ3) is 2.74. The molecule has 0 bridgehead atoms. The molecule has 0 aliphatic heterocycles. The minimum atomic E-state index is 0.861. The number of anilines is 1. The molecule has 1 aromatic carbocycles. The van der Waals surface area contributed by atoms with Crippen molar-refractivity contribution in [1.29, 1.82) is 0 Å². The minimum Gasteiger partial charge on any atom is -0.469 e. The summed E-state index contributed by atoms with van der Waals surface area (Å²) < 4.78 is 5.31. The predicted octanol–water partition coefficient (Wildman–Crippen LogP) is 3.11. The Balaban J connectivity index is 2.05. The number of nitrogens with zero attached hydrogens (tertiary/aromatic N) is 1. The molecule has 2 aromatic rings. The summed E-state index contributed by atoms with van der Waals surface area (Å²) in [6.07, 6.45) is 1.74. The number of hydrogen-bond acceptors (Lipinski definition) is 3. The maximum absolute atomic E-state index is 5.92. The van der Waals surface area contributed by atoms with Crippen LogP contribution in [0.5, 0.6) is 0 Å². The van der Waals surface area contributed by atoms with Gasteiger partial charge >= 0.3 is 0 Å². The fraction of sp³-hybridized carbons (Fsp3) is 0.333. The van der Waals surface area contributed by atoms with Crippen molar-refractivity contribution in [2.45, 2.75) is 26.9 Å². The highest BCUT2D eigenvalue weighted by atomic mass is 16.3. The van der Waals surface area contributed by atoms with E-state index in [0.29, 0.717) is 0 Å². The average molecular weight is 244 g/mol. The van der Waals surface area contributed by atoms with Gasteiger partial charge in [0, 0.05) is 24.3 Å². The first kappa shape index (κ1) is 12.7. The number of nitrogen functional groups attached to an aromatic ring is 1. The molecular weight excluding hydrogens is 224 g/mol. The van der Waals surface area contributed by atoms with E-state index < -0.39 is 0 Å². The van der Waals surface area contributed by atoms with Crippen molar-refractivity contribution in [3.63, 3.8) is 0 Å². The zero-order valence-corrected chi connectivity index (χ0v) is 11.2. The van der Waals surface area contributed by atoms with E-state index in [9.17, 15) is 0 Å². The van der Waals surface area contributed by atoms with Gasteiger partial charge in [0.2, 0.25) is 0 Å². The van der Waals surface area contributed by atoms with E-state index in [2.05, 4.69) is 24.9 Å². The van der Waals surface area contributed by atoms with Crippen LogP contribution in [0.15, 0.2) is 34.9 Å². The van der Waals surface area contributed by atoms with Crippen molar-refractivity contribution in [3.05, 3.63) is 53.0 Å². The fourth-order valence-electron chi connectivity index (χ4n) is 2.09. The van der Waals surface area contributed by atoms with E-state index in [1.807, 2.05) is 25.1 Å². The van der Waals surface area contributed by atoms with Gasteiger partial charge in [-0.3, -0.25) is 4.90 Å². The van der Waals surface area contributed by atoms with Crippen molar-refractivity contribution in [2.75, 3.05) is 12.8 Å². The topological polar surface area (TPSA) is 42.4 Å². The van der Waals surface area contributed by atoms with Crippen LogP contribution in [0.3, 0.4) is 0 Å². The Morgan fingerprint density at radius 2 is 1.83 bits per heavy atom. The molecule has 2 rings (SSSR count). The summed E-state index contributed by atoms with van der Waals surface area (Å²) >= 11 is 0. The Bertz CT molecular complexity index is 531. The van der Waals surface area contributed by atoms with Gasteiger partial charge in [0.05, 0.1) is 6.26 Å². The number of hydrogen-bond donors (Lipinski definition) is 1. The van der Waals surface area contributed by atoms with Gasteiger partial charge in [-0.25, -0.2) is 0 Å². The van der Waals surface area contributed by atoms with Crippen molar-refractivity contribution >= 4 is 5.69 Å². The first-order valence-electron chi connectivity index (χ1n) is 6.13. The van der Waals surface area contributed by atoms with Gasteiger partial charge in [0.1, 0.15) is 5.76 Å². The maximum atomic E-state index is 5.92. The van der Waals surface area contributed by atoms with Gasteiger partial charge < -0.3 is 10.2 Å². The van der Waals surface area contributed by atoms with E-state index in [4.69, 9.17) is 10.2 Å². The fourth-order valence-corrected chi connectivity index (χ4v) is 2.09. The zero-order chi connectivity index (χ0) is 13.1. The Morgan fingerprint density at radius 3 is 2.50 bits per heavy atom. The van der Waals surface area contributed by atoms with Gasteiger partial charge in [-0.05, 0) is 44.2 Å². The lowest BCUT2D eigenvalue weighted by Crippen LogP contribution is -2.18. The first-order chi connectivity index (χ1) is 8.58. The van der Waals surface area contributed by atoms with Crippen LogP contribution >= 0.6 is 0 Å². The van der Waals surface area contributed by atoms with Gasteiger partial charge in [0.15, 0.2) is 0 Å². The summed E-state index contributed by atoms with van der Waals surface area (Å²) in [6, 6.07) is 8.11. The molecule has 0 atom stereocenters. The highest BCUT2D eigenvalue weighted by molar-refractivity contribution is 5.49. The van der Waals surface area contributed by atoms with Crippen LogP contribution in [-0.4, -0.2) is 11.9 Å². The van der Waals surface area contributed by atoms with E-state index in [1.165, 1.54) is 16.7 Å². The van der Waals surface area contributed by atoms with E-state index in [1.54, 1.807) is 6.26 Å². The number of nitrogens with two attached hydrogens (primary N) is 1. The summed E-state index contributed by atoms with van der Waals surface area (Å²) in [5.74, 6) is 0.992. The zero-order valence-electron chi connectivity index (χ0n) is 11.2. The van der Waals surface area contributed by atoms with Crippen molar-refractivity contribution in [1.82, 2.24) is 4.90 Å². The monoisotopic (exact) mass is 244 g/mol. The predicted molar refractivity (Wildman–Crippen MR) is 74.2 cm³/mol. The van der Waals surface area contributed by atoms with Crippen LogP contribution in [-0.2, 0) is 13.1 Å². The summed E-state index contributed by atoms with van der Waals surface area (Å²) in [4.78, 5) is 2.26. The van der Waals surface area contributed by atoms with Crippen LogP contribution in [0, 0.1) is 13.8 Å². The molecule has 0 fully saturated rings. The van der Waals surface area contributed by atoms with Gasteiger partial charge in [-0.15, -0.1) is 0 Å². The molecule has 1 heterocycles. The molecule has 0 saturated carbocycles. The quantitative estimate of drug-likeness (QED) is 0.840. The SMILES string of the molecule is Cc1occc1CN(C)Cc1cccc(N)c1C. The Kier molecular flexibility index (Phi) is 3.72. The van der Waals surface area contributed by atoms with Crippen LogP contribution in [0.4, 0.5) is 5.69 Å². The Labute approximate surface area is 108 Å². The number of furan rings is 1. The van der Waals surface area contributed by atoms with Crippen molar-refractivity contribution in [3.8, 4) is 0 Å². The molecule has 1 aromatic heterocycles. The van der Waals surface area contributed by atoms with Crippen molar-refractivity contribution < 1.29 is 4.42 Å². The van der Waals surface area contributed by atoms with Crippen LogP contribution in [0.2, 0.25) is 0 Å². The maximum Gasteiger partial charge on any atom is 0.105 e. The molecule has 96 valence electrons. The normalized spacial score (nSPS) is 11.1. The lowest BCUT2D eigenvalue weighted by atomic mass is 10.1. The molecule has 3 nitrogen and oxygen atoms in total. The average Bonchev–Trinajstić information content (AvgIpc) is 2.71. The molecule has 0 radical (unpaired) electrons. The highest BCUT2D eigenvalue weighted by Gasteiger charge is 2.08. The van der Waals surface area contributed by atoms with Gasteiger partial charge in [-0.1, -0.05) is 12.1 Å². The summed E-state index contributed by atoms with van der Waals surface area (Å²) in [6.45, 7) is 5.84. The molecule has 0 amide bonds. The van der Waals surface area contributed by atoms with Gasteiger partial charge in [0.25, 0.3) is 0 Å². The summed E-state index contributed by atoms with van der Waals surface area (Å²) in [5.41, 5.74) is 10.5. The molecule has 2 N–H and O–H groups in total.